The Kier molecular flexibility index (Phi) is 4.88. The lowest BCUT2D eigenvalue weighted by Gasteiger charge is -2.14. The van der Waals surface area contributed by atoms with Crippen LogP contribution in [0.25, 0.3) is 11.1 Å². The van der Waals surface area contributed by atoms with Crippen LogP contribution in [0.15, 0.2) is 27.8 Å². The fourth-order valence-electron chi connectivity index (χ4n) is 1.52. The minimum atomic E-state index is -0.0643. The van der Waals surface area contributed by atoms with Gasteiger partial charge in [0.1, 0.15) is 5.52 Å². The SMILES string of the molecule is CN(CCC#N)C(=O)CSc1nc2ccc(Cl)cc2o1. The quantitative estimate of drug-likeness (QED) is 0.794. The number of nitrogens with zero attached hydrogens (tertiary/aromatic N) is 3. The number of benzene rings is 1. The van der Waals surface area contributed by atoms with Crippen LogP contribution in [0.4, 0.5) is 0 Å². The zero-order valence-electron chi connectivity index (χ0n) is 10.8. The second kappa shape index (κ2) is 6.64. The van der Waals surface area contributed by atoms with Crippen LogP contribution in [0.1, 0.15) is 6.42 Å². The maximum Gasteiger partial charge on any atom is 0.257 e. The van der Waals surface area contributed by atoms with Gasteiger partial charge in [-0.05, 0) is 12.1 Å². The fraction of sp³-hybridized carbons (Fsp3) is 0.308. The first kappa shape index (κ1) is 14.7. The molecule has 0 saturated carbocycles. The highest BCUT2D eigenvalue weighted by Crippen LogP contribution is 2.25. The first-order chi connectivity index (χ1) is 9.60. The summed E-state index contributed by atoms with van der Waals surface area (Å²) >= 11 is 7.09. The van der Waals surface area contributed by atoms with Gasteiger partial charge in [-0.3, -0.25) is 4.79 Å². The molecule has 0 unspecified atom stereocenters. The van der Waals surface area contributed by atoms with Crippen molar-refractivity contribution in [3.05, 3.63) is 23.2 Å². The van der Waals surface area contributed by atoms with Gasteiger partial charge in [-0.1, -0.05) is 23.4 Å². The van der Waals surface area contributed by atoms with Crippen LogP contribution in [0.5, 0.6) is 0 Å². The molecular weight excluding hydrogens is 298 g/mol. The molecule has 0 aliphatic carbocycles. The molecule has 1 amide bonds. The van der Waals surface area contributed by atoms with E-state index < -0.39 is 0 Å². The third-order valence-corrected chi connectivity index (χ3v) is 3.68. The molecule has 2 aromatic rings. The standard InChI is InChI=1S/C13H12ClN3O2S/c1-17(6-2-5-15)12(18)8-20-13-16-10-4-3-9(14)7-11(10)19-13/h3-4,7H,2,6,8H2,1H3. The van der Waals surface area contributed by atoms with Gasteiger partial charge in [-0.2, -0.15) is 5.26 Å². The Morgan fingerprint density at radius 3 is 3.15 bits per heavy atom. The number of carbonyl (C=O) groups is 1. The molecule has 1 aromatic heterocycles. The number of nitriles is 1. The highest BCUT2D eigenvalue weighted by atomic mass is 35.5. The fourth-order valence-corrected chi connectivity index (χ4v) is 2.46. The van der Waals surface area contributed by atoms with Crippen LogP contribution in [0.3, 0.4) is 0 Å². The monoisotopic (exact) mass is 309 g/mol. The number of hydrogen-bond acceptors (Lipinski definition) is 5. The van der Waals surface area contributed by atoms with Crippen molar-refractivity contribution in [2.75, 3.05) is 19.3 Å². The maximum absolute atomic E-state index is 11.8. The molecule has 0 atom stereocenters. The van der Waals surface area contributed by atoms with Crippen LogP contribution >= 0.6 is 23.4 Å². The molecule has 104 valence electrons. The van der Waals surface area contributed by atoms with Gasteiger partial charge < -0.3 is 9.32 Å². The Morgan fingerprint density at radius 1 is 1.60 bits per heavy atom. The van der Waals surface area contributed by atoms with E-state index in [4.69, 9.17) is 21.3 Å². The Balaban J connectivity index is 1.95. The molecule has 0 aliphatic rings. The summed E-state index contributed by atoms with van der Waals surface area (Å²) in [6.07, 6.45) is 0.328. The van der Waals surface area contributed by atoms with Gasteiger partial charge in [-0.15, -0.1) is 0 Å². The van der Waals surface area contributed by atoms with Gasteiger partial charge >= 0.3 is 0 Å². The van der Waals surface area contributed by atoms with Gasteiger partial charge in [0.25, 0.3) is 5.22 Å². The van der Waals surface area contributed by atoms with Crippen molar-refractivity contribution in [1.29, 1.82) is 5.26 Å². The smallest absolute Gasteiger partial charge is 0.257 e. The summed E-state index contributed by atoms with van der Waals surface area (Å²) in [5.74, 6) is 0.160. The Hall–Kier alpha value is -1.71. The summed E-state index contributed by atoms with van der Waals surface area (Å²) in [5.41, 5.74) is 1.31. The molecule has 20 heavy (non-hydrogen) atoms. The van der Waals surface area contributed by atoms with E-state index in [1.165, 1.54) is 16.7 Å². The van der Waals surface area contributed by atoms with Crippen LogP contribution in [-0.2, 0) is 4.79 Å². The summed E-state index contributed by atoms with van der Waals surface area (Å²) in [5, 5.41) is 9.49. The van der Waals surface area contributed by atoms with E-state index in [0.29, 0.717) is 34.3 Å². The van der Waals surface area contributed by atoms with E-state index >= 15 is 0 Å². The maximum atomic E-state index is 11.8. The second-order valence-corrected chi connectivity index (χ2v) is 5.47. The summed E-state index contributed by atoms with van der Waals surface area (Å²) in [7, 11) is 1.67. The zero-order chi connectivity index (χ0) is 14.5. The normalized spacial score (nSPS) is 10.4. The lowest BCUT2D eigenvalue weighted by Crippen LogP contribution is -2.29. The zero-order valence-corrected chi connectivity index (χ0v) is 12.4. The predicted octanol–water partition coefficient (Wildman–Crippen LogP) is 2.95. The van der Waals surface area contributed by atoms with Crippen molar-refractivity contribution in [1.82, 2.24) is 9.88 Å². The largest absolute Gasteiger partial charge is 0.431 e. The predicted molar refractivity (Wildman–Crippen MR) is 77.6 cm³/mol. The van der Waals surface area contributed by atoms with Crippen molar-refractivity contribution in [3.8, 4) is 6.07 Å². The molecule has 0 bridgehead atoms. The average Bonchev–Trinajstić information content (AvgIpc) is 2.83. The Morgan fingerprint density at radius 2 is 2.40 bits per heavy atom. The third-order valence-electron chi connectivity index (χ3n) is 2.63. The van der Waals surface area contributed by atoms with Crippen molar-refractivity contribution >= 4 is 40.4 Å². The molecular formula is C13H12ClN3O2S. The Bertz CT molecular complexity index is 665. The molecule has 0 aliphatic heterocycles. The topological polar surface area (TPSA) is 70.1 Å². The van der Waals surface area contributed by atoms with Gasteiger partial charge in [-0.25, -0.2) is 4.98 Å². The van der Waals surface area contributed by atoms with E-state index in [-0.39, 0.29) is 11.7 Å². The number of halogens is 1. The molecule has 0 fully saturated rings. The first-order valence-corrected chi connectivity index (χ1v) is 7.26. The van der Waals surface area contributed by atoms with Crippen LogP contribution < -0.4 is 0 Å². The molecule has 0 spiro atoms. The van der Waals surface area contributed by atoms with Crippen molar-refractivity contribution in [3.63, 3.8) is 0 Å². The lowest BCUT2D eigenvalue weighted by molar-refractivity contribution is -0.127. The van der Waals surface area contributed by atoms with E-state index in [1.807, 2.05) is 6.07 Å². The summed E-state index contributed by atoms with van der Waals surface area (Å²) in [4.78, 5) is 17.6. The van der Waals surface area contributed by atoms with Gasteiger partial charge in [0.2, 0.25) is 5.91 Å². The van der Waals surface area contributed by atoms with E-state index in [2.05, 4.69) is 4.98 Å². The lowest BCUT2D eigenvalue weighted by atomic mass is 10.3. The summed E-state index contributed by atoms with van der Waals surface area (Å²) in [6, 6.07) is 7.20. The number of oxazole rings is 1. The van der Waals surface area contributed by atoms with Crippen LogP contribution in [-0.4, -0.2) is 35.1 Å². The molecule has 1 heterocycles. The molecule has 0 radical (unpaired) electrons. The number of amides is 1. The Labute approximate surface area is 125 Å². The van der Waals surface area contributed by atoms with E-state index in [1.54, 1.807) is 25.2 Å². The van der Waals surface area contributed by atoms with E-state index in [0.717, 1.165) is 0 Å². The van der Waals surface area contributed by atoms with Crippen LogP contribution in [0, 0.1) is 11.3 Å². The van der Waals surface area contributed by atoms with Gasteiger partial charge in [0.15, 0.2) is 5.58 Å². The number of fused-ring (bicyclic) bond motifs is 1. The first-order valence-electron chi connectivity index (χ1n) is 5.90. The molecule has 1 aromatic carbocycles. The van der Waals surface area contributed by atoms with Crippen molar-refractivity contribution in [2.45, 2.75) is 11.6 Å². The van der Waals surface area contributed by atoms with Crippen molar-refractivity contribution in [2.24, 2.45) is 0 Å². The average molecular weight is 310 g/mol. The van der Waals surface area contributed by atoms with Gasteiger partial charge in [0, 0.05) is 24.7 Å². The molecule has 5 nitrogen and oxygen atoms in total. The number of aromatic nitrogens is 1. The number of carbonyl (C=O) groups excluding carboxylic acids is 1. The minimum absolute atomic E-state index is 0.0643. The van der Waals surface area contributed by atoms with Gasteiger partial charge in [0.05, 0.1) is 18.2 Å². The number of hydrogen-bond donors (Lipinski definition) is 0. The highest BCUT2D eigenvalue weighted by molar-refractivity contribution is 7.99. The third kappa shape index (κ3) is 3.65. The molecule has 7 heteroatoms. The molecule has 2 rings (SSSR count). The van der Waals surface area contributed by atoms with Crippen molar-refractivity contribution < 1.29 is 9.21 Å². The summed E-state index contributed by atoms with van der Waals surface area (Å²) < 4.78 is 5.50. The second-order valence-electron chi connectivity index (χ2n) is 4.10. The minimum Gasteiger partial charge on any atom is -0.431 e. The highest BCUT2D eigenvalue weighted by Gasteiger charge is 2.12. The summed E-state index contributed by atoms with van der Waals surface area (Å²) in [6.45, 7) is 0.430. The van der Waals surface area contributed by atoms with Crippen LogP contribution in [0.2, 0.25) is 5.02 Å². The number of thioether (sulfide) groups is 1. The molecule has 0 saturated heterocycles. The molecule has 0 N–H and O–H groups in total. The number of rotatable bonds is 5. The van der Waals surface area contributed by atoms with E-state index in [9.17, 15) is 4.79 Å².